The van der Waals surface area contributed by atoms with E-state index in [-0.39, 0.29) is 11.8 Å². The molecule has 0 atom stereocenters. The number of benzene rings is 2. The van der Waals surface area contributed by atoms with Crippen molar-refractivity contribution < 1.29 is 4.79 Å². The van der Waals surface area contributed by atoms with Crippen LogP contribution in [-0.2, 0) is 19.5 Å². The summed E-state index contributed by atoms with van der Waals surface area (Å²) in [6.07, 6.45) is 9.11. The highest BCUT2D eigenvalue weighted by Gasteiger charge is 2.51. The number of nitrogens with zero attached hydrogens (tertiary/aromatic N) is 5. The second kappa shape index (κ2) is 12.1. The number of nitrogens with one attached hydrogen (secondary N) is 1. The Labute approximate surface area is 298 Å². The number of carbonyl (C=O) groups is 1. The number of amides is 1. The number of pyridine rings is 1. The number of carbonyl (C=O) groups excluding carboxylic acids is 1. The van der Waals surface area contributed by atoms with Crippen molar-refractivity contribution >= 4 is 38.4 Å². The van der Waals surface area contributed by atoms with Gasteiger partial charge in [-0.2, -0.15) is 5.26 Å². The standard InChI is InChI=1S/C42H44N6OS/c1-25(2)39-32(34-18-31(22-43)48(26(34)3)24-42-19-27-15-28(20-42)17-29(16-27)21-42)11-12-38(45-39)47-14-13-30-7-6-8-33(35(30)23-47)40(49)46-41-44-36-9-4-5-10-37(36)50-41/h4-12,18,25,27-29H,13-17,19-21,23-24H2,1-3H3,(H,44,46,49). The third-order valence-corrected chi connectivity index (χ3v) is 13.2. The molecular formula is C42H44N6OS. The Bertz CT molecular complexity index is 2120. The fourth-order valence-corrected chi connectivity index (χ4v) is 11.3. The highest BCUT2D eigenvalue weighted by Crippen LogP contribution is 2.61. The molecule has 5 aliphatic rings. The average molecular weight is 681 g/mol. The number of hydrogen-bond acceptors (Lipinski definition) is 6. The van der Waals surface area contributed by atoms with E-state index < -0.39 is 0 Å². The molecule has 1 amide bonds. The Morgan fingerprint density at radius 3 is 2.48 bits per heavy atom. The molecule has 254 valence electrons. The van der Waals surface area contributed by atoms with Gasteiger partial charge >= 0.3 is 0 Å². The molecular weight excluding hydrogens is 637 g/mol. The minimum absolute atomic E-state index is 0.129. The van der Waals surface area contributed by atoms with Gasteiger partial charge in [0.2, 0.25) is 0 Å². The van der Waals surface area contributed by atoms with Crippen LogP contribution >= 0.6 is 11.3 Å². The molecule has 4 bridgehead atoms. The van der Waals surface area contributed by atoms with Crippen molar-refractivity contribution in [3.8, 4) is 17.2 Å². The summed E-state index contributed by atoms with van der Waals surface area (Å²) in [5.41, 5.74) is 9.44. The van der Waals surface area contributed by atoms with Gasteiger partial charge in [0, 0.05) is 42.0 Å². The van der Waals surface area contributed by atoms with Gasteiger partial charge in [-0.15, -0.1) is 0 Å². The first-order valence-corrected chi connectivity index (χ1v) is 19.2. The summed E-state index contributed by atoms with van der Waals surface area (Å²) < 4.78 is 3.40. The van der Waals surface area contributed by atoms with Gasteiger partial charge in [0.05, 0.1) is 15.9 Å². The second-order valence-corrected chi connectivity index (χ2v) is 17.0. The normalized spacial score (nSPS) is 23.7. The minimum Gasteiger partial charge on any atom is -0.352 e. The van der Waals surface area contributed by atoms with Gasteiger partial charge in [-0.1, -0.05) is 49.4 Å². The molecule has 5 aromatic rings. The van der Waals surface area contributed by atoms with E-state index in [1.165, 1.54) is 61.1 Å². The van der Waals surface area contributed by atoms with Gasteiger partial charge in [0.25, 0.3) is 5.91 Å². The lowest BCUT2D eigenvalue weighted by Crippen LogP contribution is -2.48. The predicted molar refractivity (Wildman–Crippen MR) is 201 cm³/mol. The van der Waals surface area contributed by atoms with E-state index in [2.05, 4.69) is 70.9 Å². The molecule has 2 aromatic carbocycles. The van der Waals surface area contributed by atoms with Crippen molar-refractivity contribution in [1.29, 1.82) is 5.26 Å². The maximum absolute atomic E-state index is 13.6. The van der Waals surface area contributed by atoms with E-state index in [9.17, 15) is 10.1 Å². The lowest BCUT2D eigenvalue weighted by molar-refractivity contribution is -0.0621. The number of hydrogen-bond donors (Lipinski definition) is 1. The Balaban J connectivity index is 0.995. The molecule has 7 nitrogen and oxygen atoms in total. The molecule has 10 rings (SSSR count). The Morgan fingerprint density at radius 2 is 1.76 bits per heavy atom. The van der Waals surface area contributed by atoms with Crippen LogP contribution in [-0.4, -0.2) is 27.0 Å². The zero-order valence-corrected chi connectivity index (χ0v) is 30.0. The van der Waals surface area contributed by atoms with Crippen LogP contribution in [0.2, 0.25) is 0 Å². The van der Waals surface area contributed by atoms with Gasteiger partial charge < -0.3 is 9.47 Å². The number of para-hydroxylation sites is 1. The lowest BCUT2D eigenvalue weighted by atomic mass is 9.49. The molecule has 8 heteroatoms. The molecule has 4 saturated carbocycles. The molecule has 4 fully saturated rings. The van der Waals surface area contributed by atoms with Crippen LogP contribution in [0.25, 0.3) is 21.3 Å². The largest absolute Gasteiger partial charge is 0.352 e. The van der Waals surface area contributed by atoms with E-state index in [0.717, 1.165) is 81.4 Å². The van der Waals surface area contributed by atoms with Crippen LogP contribution in [0.3, 0.4) is 0 Å². The molecule has 0 unspecified atom stereocenters. The molecule has 0 radical (unpaired) electrons. The van der Waals surface area contributed by atoms with Gasteiger partial charge in [0.15, 0.2) is 5.13 Å². The van der Waals surface area contributed by atoms with E-state index in [4.69, 9.17) is 4.98 Å². The van der Waals surface area contributed by atoms with Crippen LogP contribution < -0.4 is 10.2 Å². The smallest absolute Gasteiger partial charge is 0.257 e. The van der Waals surface area contributed by atoms with Crippen molar-refractivity contribution in [2.75, 3.05) is 16.8 Å². The van der Waals surface area contributed by atoms with Crippen molar-refractivity contribution in [1.82, 2.24) is 14.5 Å². The zero-order valence-electron chi connectivity index (χ0n) is 29.2. The SMILES string of the molecule is Cc1c(-c2ccc(N3CCc4cccc(C(=O)Nc5nc6ccccc6s5)c4C3)nc2C(C)C)cc(C#N)n1CC12CC3CC(CC(C3)C1)C2. The second-order valence-electron chi connectivity index (χ2n) is 16.0. The van der Waals surface area contributed by atoms with E-state index in [1.54, 1.807) is 0 Å². The van der Waals surface area contributed by atoms with Crippen LogP contribution in [0.1, 0.15) is 96.9 Å². The Morgan fingerprint density at radius 1 is 1.00 bits per heavy atom. The van der Waals surface area contributed by atoms with E-state index in [1.807, 2.05) is 36.4 Å². The number of rotatable bonds is 7. The minimum atomic E-state index is -0.129. The summed E-state index contributed by atoms with van der Waals surface area (Å²) in [5, 5.41) is 14.0. The van der Waals surface area contributed by atoms with Crippen LogP contribution in [0.4, 0.5) is 10.9 Å². The maximum Gasteiger partial charge on any atom is 0.257 e. The lowest BCUT2D eigenvalue weighted by Gasteiger charge is -2.57. The van der Waals surface area contributed by atoms with Crippen molar-refractivity contribution in [3.63, 3.8) is 0 Å². The predicted octanol–water partition coefficient (Wildman–Crippen LogP) is 9.49. The highest BCUT2D eigenvalue weighted by atomic mass is 32.1. The maximum atomic E-state index is 13.6. The van der Waals surface area contributed by atoms with E-state index in [0.29, 0.717) is 22.7 Å². The van der Waals surface area contributed by atoms with Crippen LogP contribution in [0.15, 0.2) is 60.7 Å². The molecule has 0 saturated heterocycles. The summed E-state index contributed by atoms with van der Waals surface area (Å²) in [5.74, 6) is 3.66. The van der Waals surface area contributed by atoms with Gasteiger partial charge in [-0.25, -0.2) is 9.97 Å². The third kappa shape index (κ3) is 5.42. The molecule has 3 aromatic heterocycles. The summed E-state index contributed by atoms with van der Waals surface area (Å²) in [6, 6.07) is 23.0. The summed E-state index contributed by atoms with van der Waals surface area (Å²) in [7, 11) is 0. The number of fused-ring (bicyclic) bond motifs is 2. The summed E-state index contributed by atoms with van der Waals surface area (Å²) in [6.45, 7) is 9.03. The molecule has 50 heavy (non-hydrogen) atoms. The molecule has 1 aliphatic heterocycles. The molecule has 1 N–H and O–H groups in total. The number of anilines is 2. The molecule has 4 aliphatic carbocycles. The number of nitriles is 1. The third-order valence-electron chi connectivity index (χ3n) is 12.2. The molecule has 0 spiro atoms. The average Bonchev–Trinajstić information content (AvgIpc) is 3.65. The first-order valence-electron chi connectivity index (χ1n) is 18.4. The Hall–Kier alpha value is -4.48. The quantitative estimate of drug-likeness (QED) is 0.185. The van der Waals surface area contributed by atoms with Crippen molar-refractivity contribution in [3.05, 3.63) is 94.4 Å². The van der Waals surface area contributed by atoms with Crippen LogP contribution in [0.5, 0.6) is 0 Å². The van der Waals surface area contributed by atoms with Crippen LogP contribution in [0, 0.1) is 41.4 Å². The zero-order chi connectivity index (χ0) is 34.1. The summed E-state index contributed by atoms with van der Waals surface area (Å²) in [4.78, 5) is 25.9. The fraction of sp³-hybridized carbons (Fsp3) is 0.429. The van der Waals surface area contributed by atoms with Gasteiger partial charge in [0.1, 0.15) is 17.6 Å². The highest BCUT2D eigenvalue weighted by molar-refractivity contribution is 7.22. The molecule has 4 heterocycles. The number of aromatic nitrogens is 3. The van der Waals surface area contributed by atoms with Crippen molar-refractivity contribution in [2.45, 2.75) is 84.7 Å². The van der Waals surface area contributed by atoms with E-state index >= 15 is 0 Å². The monoisotopic (exact) mass is 680 g/mol. The van der Waals surface area contributed by atoms with Gasteiger partial charge in [-0.3, -0.25) is 10.1 Å². The number of thiazole rings is 1. The first kappa shape index (κ1) is 31.5. The first-order chi connectivity index (χ1) is 24.3. The fourth-order valence-electron chi connectivity index (χ4n) is 10.4. The van der Waals surface area contributed by atoms with Crippen molar-refractivity contribution in [2.24, 2.45) is 23.2 Å². The van der Waals surface area contributed by atoms with Gasteiger partial charge in [-0.05, 0) is 128 Å². The Kier molecular flexibility index (Phi) is 7.61. The topological polar surface area (TPSA) is 86.8 Å². The summed E-state index contributed by atoms with van der Waals surface area (Å²) >= 11 is 1.49.